The summed E-state index contributed by atoms with van der Waals surface area (Å²) >= 11 is 0. The van der Waals surface area contributed by atoms with E-state index in [2.05, 4.69) is 20.2 Å². The van der Waals surface area contributed by atoms with Crippen LogP contribution in [0.5, 0.6) is 0 Å². The molecule has 1 fully saturated rings. The molecule has 116 valence electrons. The van der Waals surface area contributed by atoms with Gasteiger partial charge in [-0.15, -0.1) is 0 Å². The van der Waals surface area contributed by atoms with Crippen LogP contribution in [0.15, 0.2) is 35.2 Å². The molecule has 0 amide bonds. The first-order chi connectivity index (χ1) is 10.7. The molecule has 0 saturated carbocycles. The highest BCUT2D eigenvalue weighted by Gasteiger charge is 2.25. The predicted molar refractivity (Wildman–Crippen MR) is 80.6 cm³/mol. The van der Waals surface area contributed by atoms with E-state index in [0.29, 0.717) is 32.5 Å². The minimum Gasteiger partial charge on any atom is -0.481 e. The number of carboxylic acid groups (broad SMARTS) is 1. The number of carbonyl (C=O) groups is 1. The van der Waals surface area contributed by atoms with Gasteiger partial charge in [-0.2, -0.15) is 0 Å². The standard InChI is InChI=1S/C15H18N4O3/c20-15(21)11-3-5-19(6-4-11)14-8-13(17-10-18-14)16-9-12-2-1-7-22-12/h1-2,7-8,10-11H,3-6,9H2,(H,20,21)(H,16,17,18). The van der Waals surface area contributed by atoms with Crippen molar-refractivity contribution >= 4 is 17.6 Å². The zero-order valence-electron chi connectivity index (χ0n) is 12.1. The smallest absolute Gasteiger partial charge is 0.306 e. The minimum atomic E-state index is -0.705. The third-order valence-corrected chi connectivity index (χ3v) is 3.84. The summed E-state index contributed by atoms with van der Waals surface area (Å²) in [6.07, 6.45) is 4.45. The Labute approximate surface area is 128 Å². The topological polar surface area (TPSA) is 91.5 Å². The van der Waals surface area contributed by atoms with Crippen molar-refractivity contribution in [2.24, 2.45) is 5.92 Å². The van der Waals surface area contributed by atoms with Crippen LogP contribution in [0, 0.1) is 5.92 Å². The maximum Gasteiger partial charge on any atom is 0.306 e. The van der Waals surface area contributed by atoms with Crippen molar-refractivity contribution in [1.82, 2.24) is 9.97 Å². The fourth-order valence-corrected chi connectivity index (χ4v) is 2.56. The molecule has 1 aliphatic rings. The lowest BCUT2D eigenvalue weighted by Crippen LogP contribution is -2.36. The molecular weight excluding hydrogens is 284 g/mol. The van der Waals surface area contributed by atoms with Gasteiger partial charge in [0.2, 0.25) is 0 Å². The van der Waals surface area contributed by atoms with Crippen molar-refractivity contribution in [3.05, 3.63) is 36.5 Å². The lowest BCUT2D eigenvalue weighted by atomic mass is 9.97. The molecule has 2 aromatic rings. The minimum absolute atomic E-state index is 0.241. The highest BCUT2D eigenvalue weighted by molar-refractivity contribution is 5.70. The number of rotatable bonds is 5. The largest absolute Gasteiger partial charge is 0.481 e. The van der Waals surface area contributed by atoms with Crippen molar-refractivity contribution in [1.29, 1.82) is 0 Å². The number of hydrogen-bond donors (Lipinski definition) is 2. The van der Waals surface area contributed by atoms with Gasteiger partial charge in [0.25, 0.3) is 0 Å². The van der Waals surface area contributed by atoms with Crippen LogP contribution in [0.2, 0.25) is 0 Å². The molecule has 2 aromatic heterocycles. The maximum atomic E-state index is 11.0. The number of furan rings is 1. The third kappa shape index (κ3) is 3.36. The van der Waals surface area contributed by atoms with Gasteiger partial charge in [-0.1, -0.05) is 0 Å². The van der Waals surface area contributed by atoms with Gasteiger partial charge in [-0.05, 0) is 25.0 Å². The van der Waals surface area contributed by atoms with Crippen molar-refractivity contribution in [2.75, 3.05) is 23.3 Å². The number of nitrogens with one attached hydrogen (secondary N) is 1. The molecule has 0 unspecified atom stereocenters. The zero-order valence-corrected chi connectivity index (χ0v) is 12.1. The molecule has 7 heteroatoms. The van der Waals surface area contributed by atoms with Gasteiger partial charge in [-0.3, -0.25) is 4.79 Å². The highest BCUT2D eigenvalue weighted by atomic mass is 16.4. The first-order valence-electron chi connectivity index (χ1n) is 7.28. The van der Waals surface area contributed by atoms with Crippen LogP contribution in [-0.2, 0) is 11.3 Å². The Morgan fingerprint density at radius 2 is 2.23 bits per heavy atom. The van der Waals surface area contributed by atoms with Crippen molar-refractivity contribution in [3.63, 3.8) is 0 Å². The molecule has 0 spiro atoms. The van der Waals surface area contributed by atoms with Gasteiger partial charge >= 0.3 is 5.97 Å². The average molecular weight is 302 g/mol. The van der Waals surface area contributed by atoms with Crippen molar-refractivity contribution in [2.45, 2.75) is 19.4 Å². The van der Waals surface area contributed by atoms with Crippen LogP contribution >= 0.6 is 0 Å². The summed E-state index contributed by atoms with van der Waals surface area (Å²) in [7, 11) is 0. The van der Waals surface area contributed by atoms with Gasteiger partial charge in [0, 0.05) is 19.2 Å². The van der Waals surface area contributed by atoms with Gasteiger partial charge in [0.05, 0.1) is 18.7 Å². The lowest BCUT2D eigenvalue weighted by molar-refractivity contribution is -0.142. The van der Waals surface area contributed by atoms with Crippen LogP contribution in [0.4, 0.5) is 11.6 Å². The molecule has 22 heavy (non-hydrogen) atoms. The molecule has 1 saturated heterocycles. The Kier molecular flexibility index (Phi) is 4.22. The van der Waals surface area contributed by atoms with Crippen LogP contribution in [0.25, 0.3) is 0 Å². The molecule has 0 bridgehead atoms. The van der Waals surface area contributed by atoms with E-state index < -0.39 is 5.97 Å². The number of hydrogen-bond acceptors (Lipinski definition) is 6. The Hall–Kier alpha value is -2.57. The second kappa shape index (κ2) is 6.46. The molecule has 2 N–H and O–H groups in total. The van der Waals surface area contributed by atoms with E-state index in [1.807, 2.05) is 18.2 Å². The summed E-state index contributed by atoms with van der Waals surface area (Å²) in [4.78, 5) is 21.6. The summed E-state index contributed by atoms with van der Waals surface area (Å²) in [5, 5.41) is 12.2. The quantitative estimate of drug-likeness (QED) is 0.872. The molecule has 0 aromatic carbocycles. The summed E-state index contributed by atoms with van der Waals surface area (Å²) < 4.78 is 5.26. The Bertz CT molecular complexity index is 621. The van der Waals surface area contributed by atoms with Crippen LogP contribution < -0.4 is 10.2 Å². The zero-order chi connectivity index (χ0) is 15.4. The molecule has 3 heterocycles. The lowest BCUT2D eigenvalue weighted by Gasteiger charge is -2.31. The van der Waals surface area contributed by atoms with Crippen LogP contribution in [0.3, 0.4) is 0 Å². The molecule has 1 aliphatic heterocycles. The molecular formula is C15H18N4O3. The molecule has 7 nitrogen and oxygen atoms in total. The summed E-state index contributed by atoms with van der Waals surface area (Å²) in [5.41, 5.74) is 0. The average Bonchev–Trinajstić information content (AvgIpc) is 3.07. The van der Waals surface area contributed by atoms with E-state index in [0.717, 1.165) is 17.4 Å². The number of carboxylic acids is 1. The number of nitrogens with zero attached hydrogens (tertiary/aromatic N) is 3. The SMILES string of the molecule is O=C(O)C1CCN(c2cc(NCc3ccco3)ncn2)CC1. The third-order valence-electron chi connectivity index (χ3n) is 3.84. The van der Waals surface area contributed by atoms with Gasteiger partial charge in [-0.25, -0.2) is 9.97 Å². The second-order valence-electron chi connectivity index (χ2n) is 5.29. The summed E-state index contributed by atoms with van der Waals surface area (Å²) in [6.45, 7) is 1.96. The summed E-state index contributed by atoms with van der Waals surface area (Å²) in [5.74, 6) is 1.43. The summed E-state index contributed by atoms with van der Waals surface area (Å²) in [6, 6.07) is 5.62. The molecule has 0 aliphatic carbocycles. The highest BCUT2D eigenvalue weighted by Crippen LogP contribution is 2.23. The Morgan fingerprint density at radius 3 is 2.91 bits per heavy atom. The number of anilines is 2. The van der Waals surface area contributed by atoms with Crippen LogP contribution in [0.1, 0.15) is 18.6 Å². The fourth-order valence-electron chi connectivity index (χ4n) is 2.56. The van der Waals surface area contributed by atoms with Crippen molar-refractivity contribution in [3.8, 4) is 0 Å². The maximum absolute atomic E-state index is 11.0. The first-order valence-corrected chi connectivity index (χ1v) is 7.28. The number of aliphatic carboxylic acids is 1. The van der Waals surface area contributed by atoms with E-state index in [4.69, 9.17) is 9.52 Å². The van der Waals surface area contributed by atoms with Gasteiger partial charge < -0.3 is 19.7 Å². The Morgan fingerprint density at radius 1 is 1.41 bits per heavy atom. The van der Waals surface area contributed by atoms with Crippen molar-refractivity contribution < 1.29 is 14.3 Å². The van der Waals surface area contributed by atoms with E-state index in [1.165, 1.54) is 6.33 Å². The predicted octanol–water partition coefficient (Wildman–Crippen LogP) is 1.98. The second-order valence-corrected chi connectivity index (χ2v) is 5.29. The monoisotopic (exact) mass is 302 g/mol. The van der Waals surface area contributed by atoms with E-state index in [-0.39, 0.29) is 5.92 Å². The van der Waals surface area contributed by atoms with Gasteiger partial charge in [0.15, 0.2) is 0 Å². The van der Waals surface area contributed by atoms with Gasteiger partial charge in [0.1, 0.15) is 23.7 Å². The van der Waals surface area contributed by atoms with E-state index in [9.17, 15) is 4.79 Å². The molecule has 3 rings (SSSR count). The Balaban J connectivity index is 1.60. The first kappa shape index (κ1) is 14.4. The molecule has 0 radical (unpaired) electrons. The molecule has 0 atom stereocenters. The fraction of sp³-hybridized carbons (Fsp3) is 0.400. The van der Waals surface area contributed by atoms with E-state index in [1.54, 1.807) is 6.26 Å². The van der Waals surface area contributed by atoms with E-state index >= 15 is 0 Å². The normalized spacial score (nSPS) is 15.7. The number of aromatic nitrogens is 2. The number of piperidine rings is 1. The van der Waals surface area contributed by atoms with Crippen LogP contribution in [-0.4, -0.2) is 34.1 Å².